The van der Waals surface area contributed by atoms with Crippen molar-refractivity contribution in [2.24, 2.45) is 0 Å². The fourth-order valence-corrected chi connectivity index (χ4v) is 2.08. The number of fused-ring (bicyclic) bond motifs is 1. The van der Waals surface area contributed by atoms with Crippen molar-refractivity contribution in [1.82, 2.24) is 10.2 Å². The molecule has 0 saturated heterocycles. The Balaban J connectivity index is 0.00000144. The van der Waals surface area contributed by atoms with E-state index in [0.29, 0.717) is 6.42 Å². The van der Waals surface area contributed by atoms with Crippen molar-refractivity contribution in [2.75, 3.05) is 13.6 Å². The molecule has 0 spiro atoms. The Labute approximate surface area is 109 Å². The molecule has 0 bridgehead atoms. The van der Waals surface area contributed by atoms with E-state index in [4.69, 9.17) is 0 Å². The van der Waals surface area contributed by atoms with E-state index in [1.165, 1.54) is 11.1 Å². The molecule has 0 atom stereocenters. The Bertz CT molecular complexity index is 356. The predicted molar refractivity (Wildman–Crippen MR) is 71.1 cm³/mol. The quantitative estimate of drug-likeness (QED) is 0.833. The molecule has 0 saturated carbocycles. The molecule has 1 heterocycles. The van der Waals surface area contributed by atoms with Crippen molar-refractivity contribution < 1.29 is 4.79 Å². The number of carbonyl (C=O) groups is 1. The molecule has 1 N–H and O–H groups in total. The van der Waals surface area contributed by atoms with E-state index in [1.807, 2.05) is 24.1 Å². The highest BCUT2D eigenvalue weighted by atomic mass is 35.5. The Morgan fingerprint density at radius 2 is 1.88 bits per heavy atom. The van der Waals surface area contributed by atoms with Crippen molar-refractivity contribution >= 4 is 18.3 Å². The lowest BCUT2D eigenvalue weighted by Gasteiger charge is -2.15. The maximum atomic E-state index is 11.9. The van der Waals surface area contributed by atoms with Gasteiger partial charge in [0.25, 0.3) is 0 Å². The van der Waals surface area contributed by atoms with Crippen molar-refractivity contribution in [2.45, 2.75) is 25.9 Å². The van der Waals surface area contributed by atoms with Crippen LogP contribution in [-0.2, 0) is 17.9 Å². The van der Waals surface area contributed by atoms with E-state index in [-0.39, 0.29) is 18.3 Å². The molecule has 0 aliphatic carbocycles. The summed E-state index contributed by atoms with van der Waals surface area (Å²) in [5.41, 5.74) is 2.59. The van der Waals surface area contributed by atoms with Crippen LogP contribution in [0.2, 0.25) is 0 Å². The molecule has 1 amide bonds. The summed E-state index contributed by atoms with van der Waals surface area (Å²) in [6.45, 7) is 2.48. The first-order valence-electron chi connectivity index (χ1n) is 5.80. The van der Waals surface area contributed by atoms with Gasteiger partial charge >= 0.3 is 0 Å². The molecule has 1 aliphatic rings. The summed E-state index contributed by atoms with van der Waals surface area (Å²) < 4.78 is 0. The summed E-state index contributed by atoms with van der Waals surface area (Å²) in [7, 11) is 1.91. The lowest BCUT2D eigenvalue weighted by molar-refractivity contribution is -0.131. The largest absolute Gasteiger partial charge is 0.334 e. The molecule has 17 heavy (non-hydrogen) atoms. The van der Waals surface area contributed by atoms with Crippen LogP contribution in [-0.4, -0.2) is 24.4 Å². The average Bonchev–Trinajstić information content (AvgIpc) is 2.73. The topological polar surface area (TPSA) is 32.3 Å². The van der Waals surface area contributed by atoms with Gasteiger partial charge in [-0.2, -0.15) is 0 Å². The second kappa shape index (κ2) is 6.62. The molecule has 0 aromatic heterocycles. The third-order valence-electron chi connectivity index (χ3n) is 3.01. The number of hydrogen-bond donors (Lipinski definition) is 1. The van der Waals surface area contributed by atoms with Crippen LogP contribution < -0.4 is 5.32 Å². The first kappa shape index (κ1) is 14.0. The van der Waals surface area contributed by atoms with Crippen LogP contribution in [0.3, 0.4) is 0 Å². The Hall–Kier alpha value is -1.06. The lowest BCUT2D eigenvalue weighted by atomic mass is 10.1. The second-order valence-electron chi connectivity index (χ2n) is 4.23. The first-order valence-corrected chi connectivity index (χ1v) is 5.80. The molecular weight excluding hydrogens is 236 g/mol. The summed E-state index contributed by atoms with van der Waals surface area (Å²) >= 11 is 0. The fourth-order valence-electron chi connectivity index (χ4n) is 2.08. The van der Waals surface area contributed by atoms with Crippen LogP contribution in [0.1, 0.15) is 24.0 Å². The molecule has 1 aliphatic heterocycles. The summed E-state index contributed by atoms with van der Waals surface area (Å²) in [6.07, 6.45) is 1.57. The van der Waals surface area contributed by atoms with E-state index in [2.05, 4.69) is 17.4 Å². The lowest BCUT2D eigenvalue weighted by Crippen LogP contribution is -2.25. The highest BCUT2D eigenvalue weighted by Crippen LogP contribution is 2.22. The monoisotopic (exact) mass is 254 g/mol. The van der Waals surface area contributed by atoms with Crippen LogP contribution >= 0.6 is 12.4 Å². The predicted octanol–water partition coefficient (Wildman–Crippen LogP) is 1.95. The Morgan fingerprint density at radius 3 is 2.41 bits per heavy atom. The normalized spacial score (nSPS) is 13.1. The number of carbonyl (C=O) groups excluding carboxylic acids is 1. The summed E-state index contributed by atoms with van der Waals surface area (Å²) in [6, 6.07) is 8.29. The van der Waals surface area contributed by atoms with Crippen LogP contribution in [0.4, 0.5) is 0 Å². The highest BCUT2D eigenvalue weighted by Gasteiger charge is 2.21. The maximum Gasteiger partial charge on any atom is 0.223 e. The molecule has 2 rings (SSSR count). The molecule has 4 heteroatoms. The highest BCUT2D eigenvalue weighted by molar-refractivity contribution is 5.85. The van der Waals surface area contributed by atoms with Crippen molar-refractivity contribution in [3.05, 3.63) is 35.4 Å². The molecule has 1 aromatic rings. The van der Waals surface area contributed by atoms with Gasteiger partial charge in [0, 0.05) is 19.5 Å². The zero-order valence-corrected chi connectivity index (χ0v) is 10.9. The van der Waals surface area contributed by atoms with Gasteiger partial charge in [0.15, 0.2) is 0 Å². The van der Waals surface area contributed by atoms with Gasteiger partial charge in [-0.05, 0) is 31.1 Å². The van der Waals surface area contributed by atoms with Crippen LogP contribution in [0, 0.1) is 0 Å². The minimum Gasteiger partial charge on any atom is -0.334 e. The minimum absolute atomic E-state index is 0. The number of rotatable bonds is 4. The number of nitrogens with one attached hydrogen (secondary N) is 1. The average molecular weight is 255 g/mol. The fraction of sp³-hybridized carbons (Fsp3) is 0.462. The van der Waals surface area contributed by atoms with Gasteiger partial charge < -0.3 is 10.2 Å². The molecule has 94 valence electrons. The second-order valence-corrected chi connectivity index (χ2v) is 4.23. The van der Waals surface area contributed by atoms with E-state index in [9.17, 15) is 4.79 Å². The molecular formula is C13H19ClN2O. The van der Waals surface area contributed by atoms with Crippen LogP contribution in [0.15, 0.2) is 24.3 Å². The molecule has 0 fully saturated rings. The van der Waals surface area contributed by atoms with Crippen molar-refractivity contribution in [1.29, 1.82) is 0 Å². The van der Waals surface area contributed by atoms with Gasteiger partial charge in [-0.3, -0.25) is 4.79 Å². The van der Waals surface area contributed by atoms with Crippen LogP contribution in [0.5, 0.6) is 0 Å². The van der Waals surface area contributed by atoms with E-state index >= 15 is 0 Å². The molecule has 3 nitrogen and oxygen atoms in total. The van der Waals surface area contributed by atoms with Crippen molar-refractivity contribution in [3.63, 3.8) is 0 Å². The number of hydrogen-bond acceptors (Lipinski definition) is 2. The van der Waals surface area contributed by atoms with E-state index in [1.54, 1.807) is 0 Å². The van der Waals surface area contributed by atoms with Gasteiger partial charge in [0.1, 0.15) is 0 Å². The third kappa shape index (κ3) is 3.45. The van der Waals surface area contributed by atoms with Gasteiger partial charge in [-0.25, -0.2) is 0 Å². The molecule has 0 unspecified atom stereocenters. The maximum absolute atomic E-state index is 11.9. The number of halogens is 1. The summed E-state index contributed by atoms with van der Waals surface area (Å²) in [4.78, 5) is 13.8. The SMILES string of the molecule is CNCCCC(=O)N1Cc2ccccc2C1.Cl. The standard InChI is InChI=1S/C13H18N2O.ClH/c1-14-8-4-7-13(16)15-9-11-5-2-3-6-12(11)10-15;/h2-3,5-6,14H,4,7-10H2,1H3;1H. The van der Waals surface area contributed by atoms with E-state index in [0.717, 1.165) is 26.1 Å². The van der Waals surface area contributed by atoms with Gasteiger partial charge in [-0.15, -0.1) is 12.4 Å². The molecule has 1 aromatic carbocycles. The molecule has 0 radical (unpaired) electrons. The van der Waals surface area contributed by atoms with Gasteiger partial charge in [-0.1, -0.05) is 24.3 Å². The number of benzene rings is 1. The van der Waals surface area contributed by atoms with Crippen LogP contribution in [0.25, 0.3) is 0 Å². The Kier molecular flexibility index (Phi) is 5.45. The van der Waals surface area contributed by atoms with E-state index < -0.39 is 0 Å². The third-order valence-corrected chi connectivity index (χ3v) is 3.01. The zero-order chi connectivity index (χ0) is 11.4. The minimum atomic E-state index is 0. The number of nitrogens with zero attached hydrogens (tertiary/aromatic N) is 1. The summed E-state index contributed by atoms with van der Waals surface area (Å²) in [5.74, 6) is 0.270. The zero-order valence-electron chi connectivity index (χ0n) is 10.1. The first-order chi connectivity index (χ1) is 7.81. The summed E-state index contributed by atoms with van der Waals surface area (Å²) in [5, 5.41) is 3.06. The van der Waals surface area contributed by atoms with Gasteiger partial charge in [0.05, 0.1) is 0 Å². The van der Waals surface area contributed by atoms with Crippen molar-refractivity contribution in [3.8, 4) is 0 Å². The number of amides is 1. The smallest absolute Gasteiger partial charge is 0.223 e. The Morgan fingerprint density at radius 1 is 1.29 bits per heavy atom. The van der Waals surface area contributed by atoms with Gasteiger partial charge in [0.2, 0.25) is 5.91 Å².